The van der Waals surface area contributed by atoms with E-state index in [4.69, 9.17) is 5.73 Å². The van der Waals surface area contributed by atoms with Gasteiger partial charge in [0.25, 0.3) is 0 Å². The van der Waals surface area contributed by atoms with Crippen LogP contribution in [0.15, 0.2) is 0 Å². The van der Waals surface area contributed by atoms with Gasteiger partial charge in [-0.2, -0.15) is 0 Å². The Bertz CT molecular complexity index is 142. The van der Waals surface area contributed by atoms with Gasteiger partial charge in [-0.25, -0.2) is 0 Å². The van der Waals surface area contributed by atoms with Crippen molar-refractivity contribution in [2.45, 2.75) is 31.9 Å². The SMILES string of the molecule is CCCCSC(C)C(=O)NCCN. The van der Waals surface area contributed by atoms with Crippen molar-refractivity contribution in [2.75, 3.05) is 18.8 Å². The van der Waals surface area contributed by atoms with Crippen LogP contribution in [0.3, 0.4) is 0 Å². The van der Waals surface area contributed by atoms with Crippen molar-refractivity contribution in [1.29, 1.82) is 0 Å². The molecular formula is C9H20N2OS. The van der Waals surface area contributed by atoms with Gasteiger partial charge in [-0.05, 0) is 19.1 Å². The minimum atomic E-state index is 0.0538. The first kappa shape index (κ1) is 12.8. The Morgan fingerprint density at radius 3 is 2.85 bits per heavy atom. The van der Waals surface area contributed by atoms with Crippen LogP contribution in [0.5, 0.6) is 0 Å². The monoisotopic (exact) mass is 204 g/mol. The topological polar surface area (TPSA) is 55.1 Å². The summed E-state index contributed by atoms with van der Waals surface area (Å²) in [4.78, 5) is 11.3. The molecule has 0 radical (unpaired) electrons. The predicted molar refractivity (Wildman–Crippen MR) is 58.9 cm³/mol. The Morgan fingerprint density at radius 2 is 2.31 bits per heavy atom. The molecule has 0 aromatic rings. The van der Waals surface area contributed by atoms with Gasteiger partial charge in [0.2, 0.25) is 5.91 Å². The fourth-order valence-electron chi connectivity index (χ4n) is 0.819. The van der Waals surface area contributed by atoms with Gasteiger partial charge in [-0.3, -0.25) is 4.79 Å². The molecule has 0 bridgehead atoms. The van der Waals surface area contributed by atoms with E-state index >= 15 is 0 Å². The summed E-state index contributed by atoms with van der Waals surface area (Å²) in [6, 6.07) is 0. The summed E-state index contributed by atoms with van der Waals surface area (Å²) in [5.41, 5.74) is 5.28. The first-order valence-electron chi connectivity index (χ1n) is 4.81. The summed E-state index contributed by atoms with van der Waals surface area (Å²) >= 11 is 1.71. The number of amides is 1. The van der Waals surface area contributed by atoms with Crippen LogP contribution in [0.2, 0.25) is 0 Å². The number of thioether (sulfide) groups is 1. The number of unbranched alkanes of at least 4 members (excludes halogenated alkanes) is 1. The van der Waals surface area contributed by atoms with Gasteiger partial charge in [0.15, 0.2) is 0 Å². The molecule has 0 rings (SSSR count). The summed E-state index contributed by atoms with van der Waals surface area (Å²) in [6.07, 6.45) is 2.36. The van der Waals surface area contributed by atoms with E-state index in [1.807, 2.05) is 6.92 Å². The van der Waals surface area contributed by atoms with E-state index in [-0.39, 0.29) is 11.2 Å². The number of rotatable bonds is 7. The fraction of sp³-hybridized carbons (Fsp3) is 0.889. The van der Waals surface area contributed by atoms with Crippen LogP contribution >= 0.6 is 11.8 Å². The molecule has 0 aromatic heterocycles. The summed E-state index contributed by atoms with van der Waals surface area (Å²) in [5, 5.41) is 2.83. The Kier molecular flexibility index (Phi) is 8.24. The van der Waals surface area contributed by atoms with Gasteiger partial charge < -0.3 is 11.1 Å². The molecule has 0 aliphatic rings. The van der Waals surface area contributed by atoms with Crippen molar-refractivity contribution in [3.63, 3.8) is 0 Å². The molecule has 0 heterocycles. The van der Waals surface area contributed by atoms with Crippen LogP contribution in [-0.4, -0.2) is 30.0 Å². The average molecular weight is 204 g/mol. The van der Waals surface area contributed by atoms with E-state index in [0.717, 1.165) is 5.75 Å². The Hall–Kier alpha value is -0.220. The van der Waals surface area contributed by atoms with Crippen molar-refractivity contribution in [3.05, 3.63) is 0 Å². The molecule has 0 aromatic carbocycles. The minimum absolute atomic E-state index is 0.0538. The summed E-state index contributed by atoms with van der Waals surface area (Å²) in [5.74, 6) is 1.17. The van der Waals surface area contributed by atoms with E-state index in [9.17, 15) is 4.79 Å². The molecular weight excluding hydrogens is 184 g/mol. The van der Waals surface area contributed by atoms with Crippen LogP contribution in [0.4, 0.5) is 0 Å². The molecule has 1 unspecified atom stereocenters. The van der Waals surface area contributed by atoms with Crippen molar-refractivity contribution in [1.82, 2.24) is 5.32 Å². The third-order valence-electron chi connectivity index (χ3n) is 1.68. The van der Waals surface area contributed by atoms with Crippen molar-refractivity contribution in [3.8, 4) is 0 Å². The second-order valence-electron chi connectivity index (χ2n) is 2.95. The summed E-state index contributed by atoms with van der Waals surface area (Å²) in [6.45, 7) is 5.18. The fourth-order valence-corrected chi connectivity index (χ4v) is 1.86. The molecule has 0 aliphatic carbocycles. The maximum absolute atomic E-state index is 11.3. The minimum Gasteiger partial charge on any atom is -0.354 e. The predicted octanol–water partition coefficient (Wildman–Crippen LogP) is 0.983. The zero-order valence-corrected chi connectivity index (χ0v) is 9.32. The third kappa shape index (κ3) is 6.90. The van der Waals surface area contributed by atoms with Crippen molar-refractivity contribution < 1.29 is 4.79 Å². The zero-order chi connectivity index (χ0) is 10.1. The number of hydrogen-bond acceptors (Lipinski definition) is 3. The van der Waals surface area contributed by atoms with E-state index in [0.29, 0.717) is 13.1 Å². The lowest BCUT2D eigenvalue weighted by atomic mass is 10.4. The highest BCUT2D eigenvalue weighted by Gasteiger charge is 2.11. The Morgan fingerprint density at radius 1 is 1.62 bits per heavy atom. The quantitative estimate of drug-likeness (QED) is 0.608. The third-order valence-corrected chi connectivity index (χ3v) is 2.92. The van der Waals surface area contributed by atoms with E-state index in [2.05, 4.69) is 12.2 Å². The number of carbonyl (C=O) groups excluding carboxylic acids is 1. The lowest BCUT2D eigenvalue weighted by Gasteiger charge is -2.10. The number of nitrogens with one attached hydrogen (secondary N) is 1. The maximum atomic E-state index is 11.3. The van der Waals surface area contributed by atoms with E-state index < -0.39 is 0 Å². The number of nitrogens with two attached hydrogens (primary N) is 1. The first-order chi connectivity index (χ1) is 6.22. The van der Waals surface area contributed by atoms with Crippen LogP contribution in [-0.2, 0) is 4.79 Å². The highest BCUT2D eigenvalue weighted by atomic mass is 32.2. The van der Waals surface area contributed by atoms with Gasteiger partial charge in [0.1, 0.15) is 0 Å². The molecule has 0 saturated heterocycles. The molecule has 1 amide bonds. The van der Waals surface area contributed by atoms with Gasteiger partial charge in [0.05, 0.1) is 5.25 Å². The number of hydrogen-bond donors (Lipinski definition) is 2. The summed E-state index contributed by atoms with van der Waals surface area (Å²) < 4.78 is 0. The molecule has 1 atom stereocenters. The zero-order valence-electron chi connectivity index (χ0n) is 8.51. The smallest absolute Gasteiger partial charge is 0.232 e. The number of carbonyl (C=O) groups is 1. The van der Waals surface area contributed by atoms with Crippen LogP contribution < -0.4 is 11.1 Å². The molecule has 0 aliphatic heterocycles. The van der Waals surface area contributed by atoms with Crippen LogP contribution in [0.1, 0.15) is 26.7 Å². The van der Waals surface area contributed by atoms with Gasteiger partial charge >= 0.3 is 0 Å². The molecule has 0 spiro atoms. The molecule has 13 heavy (non-hydrogen) atoms. The molecule has 0 fully saturated rings. The van der Waals surface area contributed by atoms with Crippen molar-refractivity contribution in [2.24, 2.45) is 5.73 Å². The van der Waals surface area contributed by atoms with E-state index in [1.54, 1.807) is 11.8 Å². The molecule has 78 valence electrons. The standard InChI is InChI=1S/C9H20N2OS/c1-3-4-7-13-8(2)9(12)11-6-5-10/h8H,3-7,10H2,1-2H3,(H,11,12). The molecule has 3 nitrogen and oxygen atoms in total. The van der Waals surface area contributed by atoms with E-state index in [1.165, 1.54) is 12.8 Å². The lowest BCUT2D eigenvalue weighted by molar-refractivity contribution is -0.120. The second kappa shape index (κ2) is 8.38. The average Bonchev–Trinajstić information content (AvgIpc) is 2.14. The maximum Gasteiger partial charge on any atom is 0.232 e. The highest BCUT2D eigenvalue weighted by Crippen LogP contribution is 2.12. The Labute approximate surface area is 84.8 Å². The second-order valence-corrected chi connectivity index (χ2v) is 4.39. The van der Waals surface area contributed by atoms with Gasteiger partial charge in [0, 0.05) is 13.1 Å². The normalized spacial score (nSPS) is 12.5. The highest BCUT2D eigenvalue weighted by molar-refractivity contribution is 8.00. The molecule has 3 N–H and O–H groups in total. The van der Waals surface area contributed by atoms with Gasteiger partial charge in [-0.1, -0.05) is 13.3 Å². The first-order valence-corrected chi connectivity index (χ1v) is 5.86. The van der Waals surface area contributed by atoms with Crippen LogP contribution in [0.25, 0.3) is 0 Å². The van der Waals surface area contributed by atoms with Gasteiger partial charge in [-0.15, -0.1) is 11.8 Å². The largest absolute Gasteiger partial charge is 0.354 e. The van der Waals surface area contributed by atoms with Crippen molar-refractivity contribution >= 4 is 17.7 Å². The summed E-state index contributed by atoms with van der Waals surface area (Å²) in [7, 11) is 0. The molecule has 4 heteroatoms. The Balaban J connectivity index is 3.45. The molecule has 0 saturated carbocycles. The lowest BCUT2D eigenvalue weighted by Crippen LogP contribution is -2.34. The van der Waals surface area contributed by atoms with Crippen LogP contribution in [0, 0.1) is 0 Å².